The molecule has 0 aromatic carbocycles. The monoisotopic (exact) mass is 200 g/mol. The van der Waals surface area contributed by atoms with Crippen molar-refractivity contribution in [3.63, 3.8) is 0 Å². The largest absolute Gasteiger partial charge is 0.448 e. The van der Waals surface area contributed by atoms with Crippen molar-refractivity contribution in [1.29, 1.82) is 0 Å². The lowest BCUT2D eigenvalue weighted by molar-refractivity contribution is 0.525. The second-order valence-electron chi connectivity index (χ2n) is 3.84. The predicted octanol–water partition coefficient (Wildman–Crippen LogP) is 1.95. The molecule has 4 heteroatoms. The third kappa shape index (κ3) is 3.83. The van der Waals surface area contributed by atoms with E-state index in [4.69, 9.17) is 10.2 Å². The van der Waals surface area contributed by atoms with E-state index in [1.165, 1.54) is 6.39 Å². The average molecular weight is 200 g/mol. The Labute approximate surface area is 83.1 Å². The maximum atomic E-state index is 5.85. The fourth-order valence-electron chi connectivity index (χ4n) is 0.878. The molecule has 0 saturated carbocycles. The SMILES string of the molecule is Cc1ocnc1CSCC(C)(C)N. The molecule has 0 aliphatic heterocycles. The third-order valence-corrected chi connectivity index (χ3v) is 2.98. The van der Waals surface area contributed by atoms with Gasteiger partial charge in [0, 0.05) is 17.0 Å². The average Bonchev–Trinajstić information content (AvgIpc) is 2.34. The van der Waals surface area contributed by atoms with Crippen molar-refractivity contribution < 1.29 is 4.42 Å². The van der Waals surface area contributed by atoms with Gasteiger partial charge in [0.25, 0.3) is 0 Å². The zero-order chi connectivity index (χ0) is 9.90. The van der Waals surface area contributed by atoms with Gasteiger partial charge < -0.3 is 10.2 Å². The van der Waals surface area contributed by atoms with Crippen LogP contribution >= 0.6 is 11.8 Å². The summed E-state index contributed by atoms with van der Waals surface area (Å²) in [5, 5.41) is 0. The van der Waals surface area contributed by atoms with Gasteiger partial charge >= 0.3 is 0 Å². The predicted molar refractivity (Wildman–Crippen MR) is 55.7 cm³/mol. The number of hydrogen-bond donors (Lipinski definition) is 1. The van der Waals surface area contributed by atoms with Gasteiger partial charge in [0.2, 0.25) is 0 Å². The standard InChI is InChI=1S/C9H16N2OS/c1-7-8(11-6-12-7)4-13-5-9(2,3)10/h6H,4-5,10H2,1-3H3. The first-order valence-electron chi connectivity index (χ1n) is 4.24. The van der Waals surface area contributed by atoms with Crippen LogP contribution in [-0.4, -0.2) is 16.3 Å². The lowest BCUT2D eigenvalue weighted by atomic mass is 10.1. The Morgan fingerprint density at radius 2 is 2.31 bits per heavy atom. The van der Waals surface area contributed by atoms with Crippen molar-refractivity contribution in [2.75, 3.05) is 5.75 Å². The molecule has 0 unspecified atom stereocenters. The molecule has 0 fully saturated rings. The fourth-order valence-corrected chi connectivity index (χ4v) is 1.98. The Kier molecular flexibility index (Phi) is 3.39. The molecule has 3 nitrogen and oxygen atoms in total. The number of hydrogen-bond acceptors (Lipinski definition) is 4. The van der Waals surface area contributed by atoms with Crippen LogP contribution in [0.4, 0.5) is 0 Å². The summed E-state index contributed by atoms with van der Waals surface area (Å²) < 4.78 is 5.09. The molecule has 0 radical (unpaired) electrons. The molecule has 1 aromatic heterocycles. The molecule has 0 spiro atoms. The van der Waals surface area contributed by atoms with E-state index in [9.17, 15) is 0 Å². The first-order valence-corrected chi connectivity index (χ1v) is 5.40. The summed E-state index contributed by atoms with van der Waals surface area (Å²) in [5.74, 6) is 2.71. The van der Waals surface area contributed by atoms with E-state index in [1.807, 2.05) is 20.8 Å². The quantitative estimate of drug-likeness (QED) is 0.807. The number of thioether (sulfide) groups is 1. The molecule has 0 atom stereocenters. The van der Waals surface area contributed by atoms with Crippen molar-refractivity contribution in [1.82, 2.24) is 4.98 Å². The number of aromatic nitrogens is 1. The lowest BCUT2D eigenvalue weighted by Crippen LogP contribution is -2.34. The van der Waals surface area contributed by atoms with E-state index < -0.39 is 0 Å². The first kappa shape index (κ1) is 10.6. The van der Waals surface area contributed by atoms with E-state index in [0.717, 1.165) is 23.0 Å². The Balaban J connectivity index is 2.32. The molecule has 2 N–H and O–H groups in total. The third-order valence-electron chi connectivity index (χ3n) is 1.56. The van der Waals surface area contributed by atoms with Crippen molar-refractivity contribution >= 4 is 11.8 Å². The Morgan fingerprint density at radius 1 is 1.62 bits per heavy atom. The fraction of sp³-hybridized carbons (Fsp3) is 0.667. The summed E-state index contributed by atoms with van der Waals surface area (Å²) in [4.78, 5) is 4.11. The molecule has 74 valence electrons. The maximum absolute atomic E-state index is 5.85. The molecule has 13 heavy (non-hydrogen) atoms. The Bertz CT molecular complexity index is 265. The maximum Gasteiger partial charge on any atom is 0.181 e. The van der Waals surface area contributed by atoms with Crippen LogP contribution in [0.5, 0.6) is 0 Å². The topological polar surface area (TPSA) is 52.0 Å². The minimum absolute atomic E-state index is 0.109. The molecule has 0 aliphatic carbocycles. The molecule has 1 heterocycles. The zero-order valence-corrected chi connectivity index (χ0v) is 9.15. The normalized spacial score (nSPS) is 12.0. The van der Waals surface area contributed by atoms with Gasteiger partial charge in [-0.2, -0.15) is 11.8 Å². The summed E-state index contributed by atoms with van der Waals surface area (Å²) in [7, 11) is 0. The Hall–Kier alpha value is -0.480. The van der Waals surface area contributed by atoms with E-state index >= 15 is 0 Å². The van der Waals surface area contributed by atoms with Crippen LogP contribution in [0.2, 0.25) is 0 Å². The van der Waals surface area contributed by atoms with E-state index in [-0.39, 0.29) is 5.54 Å². The minimum atomic E-state index is -0.109. The van der Waals surface area contributed by atoms with Gasteiger partial charge in [0.05, 0.1) is 5.69 Å². The smallest absolute Gasteiger partial charge is 0.181 e. The van der Waals surface area contributed by atoms with Gasteiger partial charge in [-0.1, -0.05) is 0 Å². The highest BCUT2D eigenvalue weighted by Gasteiger charge is 2.11. The van der Waals surface area contributed by atoms with Gasteiger partial charge in [-0.05, 0) is 20.8 Å². The summed E-state index contributed by atoms with van der Waals surface area (Å²) in [6.45, 7) is 5.97. The van der Waals surface area contributed by atoms with Crippen LogP contribution in [0.1, 0.15) is 25.3 Å². The molecule has 1 aromatic rings. The van der Waals surface area contributed by atoms with Crippen LogP contribution < -0.4 is 5.73 Å². The summed E-state index contributed by atoms with van der Waals surface area (Å²) in [6.07, 6.45) is 1.48. The van der Waals surface area contributed by atoms with E-state index in [0.29, 0.717) is 0 Å². The van der Waals surface area contributed by atoms with Crippen LogP contribution in [0.15, 0.2) is 10.8 Å². The number of rotatable bonds is 4. The van der Waals surface area contributed by atoms with Gasteiger partial charge in [0.1, 0.15) is 5.76 Å². The lowest BCUT2D eigenvalue weighted by Gasteiger charge is -2.16. The highest BCUT2D eigenvalue weighted by molar-refractivity contribution is 7.98. The summed E-state index contributed by atoms with van der Waals surface area (Å²) >= 11 is 1.78. The van der Waals surface area contributed by atoms with Crippen LogP contribution in [0.25, 0.3) is 0 Å². The highest BCUT2D eigenvalue weighted by Crippen LogP contribution is 2.17. The molecule has 1 rings (SSSR count). The van der Waals surface area contributed by atoms with Crippen molar-refractivity contribution in [3.8, 4) is 0 Å². The number of oxazole rings is 1. The zero-order valence-electron chi connectivity index (χ0n) is 8.33. The summed E-state index contributed by atoms with van der Waals surface area (Å²) in [5.41, 5.74) is 6.76. The van der Waals surface area contributed by atoms with Crippen LogP contribution in [-0.2, 0) is 5.75 Å². The van der Waals surface area contributed by atoms with Crippen molar-refractivity contribution in [3.05, 3.63) is 17.8 Å². The highest BCUT2D eigenvalue weighted by atomic mass is 32.2. The van der Waals surface area contributed by atoms with E-state index in [1.54, 1.807) is 11.8 Å². The number of nitrogens with zero attached hydrogens (tertiary/aromatic N) is 1. The van der Waals surface area contributed by atoms with Crippen LogP contribution in [0.3, 0.4) is 0 Å². The second-order valence-corrected chi connectivity index (χ2v) is 4.82. The molecule has 0 saturated heterocycles. The number of aryl methyl sites for hydroxylation is 1. The van der Waals surface area contributed by atoms with Gasteiger partial charge in [-0.15, -0.1) is 0 Å². The molecular weight excluding hydrogens is 184 g/mol. The molecule has 0 aliphatic rings. The van der Waals surface area contributed by atoms with Crippen molar-refractivity contribution in [2.24, 2.45) is 5.73 Å². The van der Waals surface area contributed by atoms with E-state index in [2.05, 4.69) is 4.98 Å². The van der Waals surface area contributed by atoms with Crippen LogP contribution in [0, 0.1) is 6.92 Å². The minimum Gasteiger partial charge on any atom is -0.448 e. The Morgan fingerprint density at radius 3 is 2.77 bits per heavy atom. The van der Waals surface area contributed by atoms with Gasteiger partial charge in [0.15, 0.2) is 6.39 Å². The molecular formula is C9H16N2OS. The first-order chi connectivity index (χ1) is 5.99. The second kappa shape index (κ2) is 4.15. The molecule has 0 bridgehead atoms. The van der Waals surface area contributed by atoms with Gasteiger partial charge in [-0.3, -0.25) is 0 Å². The molecule has 0 amide bonds. The number of nitrogens with two attached hydrogens (primary N) is 1. The van der Waals surface area contributed by atoms with Crippen molar-refractivity contribution in [2.45, 2.75) is 32.1 Å². The summed E-state index contributed by atoms with van der Waals surface area (Å²) in [6, 6.07) is 0. The van der Waals surface area contributed by atoms with Gasteiger partial charge in [-0.25, -0.2) is 4.98 Å².